The molecule has 0 spiro atoms. The van der Waals surface area contributed by atoms with Crippen LogP contribution in [0.2, 0.25) is 0 Å². The van der Waals surface area contributed by atoms with E-state index in [-0.39, 0.29) is 11.7 Å². The van der Waals surface area contributed by atoms with Gasteiger partial charge in [-0.2, -0.15) is 0 Å². The van der Waals surface area contributed by atoms with Gasteiger partial charge in [0.2, 0.25) is 0 Å². The Hall–Kier alpha value is -0.960. The highest BCUT2D eigenvalue weighted by Gasteiger charge is 2.59. The van der Waals surface area contributed by atoms with Gasteiger partial charge in [0.25, 0.3) is 0 Å². The Morgan fingerprint density at radius 2 is 2.23 bits per heavy atom. The summed E-state index contributed by atoms with van der Waals surface area (Å²) in [6.45, 7) is 1.93. The van der Waals surface area contributed by atoms with E-state index in [1.807, 2.05) is 6.92 Å². The van der Waals surface area contributed by atoms with Crippen molar-refractivity contribution in [2.24, 2.45) is 0 Å². The van der Waals surface area contributed by atoms with E-state index in [0.717, 1.165) is 6.07 Å². The van der Waals surface area contributed by atoms with Crippen molar-refractivity contribution in [2.75, 3.05) is 0 Å². The molecule has 0 unspecified atom stereocenters. The number of benzene rings is 1. The lowest BCUT2D eigenvalue weighted by Gasteiger charge is -2.04. The van der Waals surface area contributed by atoms with Gasteiger partial charge in [0.1, 0.15) is 23.3 Å². The molecule has 1 nitrogen and oxygen atoms in total. The Balaban J connectivity index is 2.21. The fraction of sp³-hybridized carbons (Fsp3) is 0.400. The van der Waals surface area contributed by atoms with E-state index in [4.69, 9.17) is 4.74 Å². The Morgan fingerprint density at radius 3 is 3.00 bits per heavy atom. The quantitative estimate of drug-likeness (QED) is 0.561. The zero-order valence-electron chi connectivity index (χ0n) is 7.10. The molecule has 13 heavy (non-hydrogen) atoms. The van der Waals surface area contributed by atoms with E-state index in [1.54, 1.807) is 0 Å². The molecule has 0 bridgehead atoms. The normalized spacial score (nSPS) is 34.2. The topological polar surface area (TPSA) is 12.5 Å². The molecule has 1 aliphatic heterocycles. The molecule has 3 rings (SSSR count). The van der Waals surface area contributed by atoms with Crippen LogP contribution in [0.4, 0.5) is 8.78 Å². The third-order valence-corrected chi connectivity index (χ3v) is 2.89. The van der Waals surface area contributed by atoms with Gasteiger partial charge in [0.15, 0.2) is 0 Å². The summed E-state index contributed by atoms with van der Waals surface area (Å²) in [6.07, 6.45) is 0.492. The first-order chi connectivity index (χ1) is 6.10. The number of ether oxygens (including phenoxy) is 1. The maximum Gasteiger partial charge on any atom is 0.129 e. The summed E-state index contributed by atoms with van der Waals surface area (Å²) in [4.78, 5) is 0. The van der Waals surface area contributed by atoms with E-state index >= 15 is 0 Å². The molecule has 0 radical (unpaired) electrons. The lowest BCUT2D eigenvalue weighted by Crippen LogP contribution is -2.05. The summed E-state index contributed by atoms with van der Waals surface area (Å²) in [5.41, 5.74) is 1.07. The summed E-state index contributed by atoms with van der Waals surface area (Å²) in [5, 5.41) is 0. The number of hydrogen-bond acceptors (Lipinski definition) is 1. The van der Waals surface area contributed by atoms with Crippen molar-refractivity contribution in [3.8, 4) is 0 Å². The molecule has 0 amide bonds. The molecule has 68 valence electrons. The minimum atomic E-state index is -0.518. The van der Waals surface area contributed by atoms with E-state index in [0.29, 0.717) is 17.5 Å². The van der Waals surface area contributed by atoms with E-state index in [2.05, 4.69) is 0 Å². The third-order valence-electron chi connectivity index (χ3n) is 2.89. The Morgan fingerprint density at radius 1 is 1.46 bits per heavy atom. The molecule has 0 aromatic heterocycles. The first-order valence-electron chi connectivity index (χ1n) is 4.26. The monoisotopic (exact) mass is 182 g/mol. The van der Waals surface area contributed by atoms with Crippen molar-refractivity contribution in [2.45, 2.75) is 25.0 Å². The van der Waals surface area contributed by atoms with Crippen LogP contribution < -0.4 is 0 Å². The number of fused-ring (bicyclic) bond motifs is 3. The maximum atomic E-state index is 13.2. The van der Waals surface area contributed by atoms with E-state index in [9.17, 15) is 8.78 Å². The van der Waals surface area contributed by atoms with Crippen molar-refractivity contribution >= 4 is 0 Å². The van der Waals surface area contributed by atoms with Crippen LogP contribution in [-0.4, -0.2) is 5.60 Å². The van der Waals surface area contributed by atoms with Crippen molar-refractivity contribution in [1.82, 2.24) is 0 Å². The highest BCUT2D eigenvalue weighted by molar-refractivity contribution is 5.43. The molecular formula is C10H8F2O. The third kappa shape index (κ3) is 0.826. The number of rotatable bonds is 0. The van der Waals surface area contributed by atoms with Gasteiger partial charge in [0, 0.05) is 12.5 Å². The second-order valence-electron chi connectivity index (χ2n) is 3.94. The van der Waals surface area contributed by atoms with Crippen LogP contribution in [0.15, 0.2) is 12.1 Å². The van der Waals surface area contributed by atoms with Crippen molar-refractivity contribution in [3.63, 3.8) is 0 Å². The Labute approximate surface area is 74.3 Å². The molecule has 1 aromatic carbocycles. The smallest absolute Gasteiger partial charge is 0.129 e. The minimum Gasteiger partial charge on any atom is -0.361 e. The second kappa shape index (κ2) is 1.93. The van der Waals surface area contributed by atoms with Crippen LogP contribution in [0.1, 0.15) is 24.2 Å². The van der Waals surface area contributed by atoms with E-state index in [1.165, 1.54) is 6.07 Å². The molecule has 1 heterocycles. The fourth-order valence-corrected chi connectivity index (χ4v) is 2.16. The molecule has 0 N–H and O–H groups in total. The van der Waals surface area contributed by atoms with Gasteiger partial charge in [-0.15, -0.1) is 0 Å². The van der Waals surface area contributed by atoms with Gasteiger partial charge in [0.05, 0.1) is 0 Å². The van der Waals surface area contributed by atoms with Gasteiger partial charge in [-0.05, 0) is 24.1 Å². The van der Waals surface area contributed by atoms with Crippen molar-refractivity contribution in [1.29, 1.82) is 0 Å². The lowest BCUT2D eigenvalue weighted by molar-refractivity contribution is 0.295. The van der Waals surface area contributed by atoms with Gasteiger partial charge < -0.3 is 4.74 Å². The standard InChI is InChI=1S/C10H8F2O/c1-10-4-7-6(9(10)13-10)2-5(11)3-8(7)12/h2-3,9H,4H2,1H3/t9-,10+/m0/s1. The number of halogens is 2. The van der Waals surface area contributed by atoms with E-state index < -0.39 is 11.6 Å². The molecular weight excluding hydrogens is 174 g/mol. The molecule has 3 heteroatoms. The average Bonchev–Trinajstić information content (AvgIpc) is 2.61. The highest BCUT2D eigenvalue weighted by atomic mass is 19.1. The van der Waals surface area contributed by atoms with Crippen molar-refractivity contribution in [3.05, 3.63) is 34.9 Å². The SMILES string of the molecule is C[C@@]12Cc3c(F)cc(F)cc3[C@@H]1O2. The second-order valence-corrected chi connectivity index (χ2v) is 3.94. The summed E-state index contributed by atoms with van der Waals surface area (Å²) < 4.78 is 31.4. The fourth-order valence-electron chi connectivity index (χ4n) is 2.16. The first kappa shape index (κ1) is 7.44. The first-order valence-corrected chi connectivity index (χ1v) is 4.26. The maximum absolute atomic E-state index is 13.2. The summed E-state index contributed by atoms with van der Waals surface area (Å²) in [7, 11) is 0. The van der Waals surface area contributed by atoms with Crippen LogP contribution in [0.3, 0.4) is 0 Å². The summed E-state index contributed by atoms with van der Waals surface area (Å²) in [5.74, 6) is -0.956. The summed E-state index contributed by atoms with van der Waals surface area (Å²) >= 11 is 0. The molecule has 1 saturated heterocycles. The zero-order valence-corrected chi connectivity index (χ0v) is 7.10. The lowest BCUT2D eigenvalue weighted by atomic mass is 10.1. The van der Waals surface area contributed by atoms with Gasteiger partial charge in [-0.1, -0.05) is 0 Å². The summed E-state index contributed by atoms with van der Waals surface area (Å²) in [6, 6.07) is 2.31. The molecule has 0 saturated carbocycles. The predicted molar refractivity (Wildman–Crippen MR) is 42.3 cm³/mol. The molecule has 1 aromatic rings. The Bertz CT molecular complexity index is 402. The van der Waals surface area contributed by atoms with Gasteiger partial charge >= 0.3 is 0 Å². The molecule has 2 atom stereocenters. The number of hydrogen-bond donors (Lipinski definition) is 0. The average molecular weight is 182 g/mol. The van der Waals surface area contributed by atoms with Crippen LogP contribution >= 0.6 is 0 Å². The van der Waals surface area contributed by atoms with Crippen LogP contribution in [0, 0.1) is 11.6 Å². The molecule has 1 aliphatic carbocycles. The van der Waals surface area contributed by atoms with Crippen LogP contribution in [0.5, 0.6) is 0 Å². The number of epoxide rings is 1. The minimum absolute atomic E-state index is 0.0762. The van der Waals surface area contributed by atoms with Gasteiger partial charge in [-0.3, -0.25) is 0 Å². The molecule has 1 fully saturated rings. The molecule has 2 aliphatic rings. The highest BCUT2D eigenvalue weighted by Crippen LogP contribution is 2.58. The largest absolute Gasteiger partial charge is 0.361 e. The van der Waals surface area contributed by atoms with Crippen molar-refractivity contribution < 1.29 is 13.5 Å². The zero-order chi connectivity index (χ0) is 9.22. The van der Waals surface area contributed by atoms with Crippen LogP contribution in [0.25, 0.3) is 0 Å². The van der Waals surface area contributed by atoms with Crippen LogP contribution in [-0.2, 0) is 11.2 Å². The Kier molecular flexibility index (Phi) is 1.10. The predicted octanol–water partition coefficient (Wildman–Crippen LogP) is 2.35. The van der Waals surface area contributed by atoms with Gasteiger partial charge in [-0.25, -0.2) is 8.78 Å².